The Balaban J connectivity index is 4.16. The Morgan fingerprint density at radius 1 is 0.583 bits per heavy atom. The van der Waals surface area contributed by atoms with Crippen molar-refractivity contribution in [1.82, 2.24) is 0 Å². The van der Waals surface area contributed by atoms with Gasteiger partial charge in [0.2, 0.25) is 0 Å². The molecule has 4 N–H and O–H groups in total. The van der Waals surface area contributed by atoms with Gasteiger partial charge in [0, 0.05) is 19.4 Å². The molecule has 0 saturated heterocycles. The average Bonchev–Trinajstić information content (AvgIpc) is 3.24. The highest BCUT2D eigenvalue weighted by molar-refractivity contribution is 7.47. The van der Waals surface area contributed by atoms with Crippen LogP contribution in [0.5, 0.6) is 0 Å². The highest BCUT2D eigenvalue weighted by atomic mass is 31.2. The second kappa shape index (κ2) is 44.7. The molecule has 348 valence electrons. The molecule has 0 heterocycles. The largest absolute Gasteiger partial charge is 0.472 e. The Labute approximate surface area is 366 Å². The summed E-state index contributed by atoms with van der Waals surface area (Å²) >= 11 is 0. The van der Waals surface area contributed by atoms with Crippen LogP contribution in [0.4, 0.5) is 0 Å². The van der Waals surface area contributed by atoms with E-state index in [1.165, 1.54) is 116 Å². The smallest absolute Gasteiger partial charge is 0.462 e. The Morgan fingerprint density at radius 2 is 1.05 bits per heavy atom. The lowest BCUT2D eigenvalue weighted by atomic mass is 10.0. The first-order valence-corrected chi connectivity index (χ1v) is 25.4. The molecule has 0 amide bonds. The molecule has 0 aliphatic rings. The molecule has 0 aliphatic carbocycles. The number of phosphoric ester groups is 1. The van der Waals surface area contributed by atoms with E-state index in [4.69, 9.17) is 24.3 Å². The van der Waals surface area contributed by atoms with Gasteiger partial charge in [-0.15, -0.1) is 0 Å². The number of phosphoric acid groups is 1. The van der Waals surface area contributed by atoms with Gasteiger partial charge in [-0.25, -0.2) is 4.57 Å². The summed E-state index contributed by atoms with van der Waals surface area (Å²) in [4.78, 5) is 34.9. The van der Waals surface area contributed by atoms with Crippen LogP contribution in [0.25, 0.3) is 0 Å². The van der Waals surface area contributed by atoms with Gasteiger partial charge in [-0.2, -0.15) is 0 Å². The molecule has 0 rings (SSSR count). The molecule has 0 aromatic rings. The maximum absolute atomic E-state index is 12.6. The number of unbranched alkanes of at least 4 members (excludes halogenated alkanes) is 21. The van der Waals surface area contributed by atoms with Crippen LogP contribution in [0, 0.1) is 0 Å². The molecular formula is C49H88NO9P. The van der Waals surface area contributed by atoms with Crippen LogP contribution in [0.15, 0.2) is 60.8 Å². The molecule has 0 bridgehead atoms. The van der Waals surface area contributed by atoms with Crippen LogP contribution in [0.2, 0.25) is 0 Å². The molecule has 11 heteroatoms. The first kappa shape index (κ1) is 57.7. The number of hydrogen-bond donors (Lipinski definition) is 3. The summed E-state index contributed by atoms with van der Waals surface area (Å²) in [5.74, 6) is -0.912. The molecule has 0 aromatic carbocycles. The quantitative estimate of drug-likeness (QED) is 0.0177. The van der Waals surface area contributed by atoms with E-state index in [0.29, 0.717) is 19.3 Å². The first-order valence-electron chi connectivity index (χ1n) is 23.9. The second-order valence-electron chi connectivity index (χ2n) is 15.8. The molecule has 60 heavy (non-hydrogen) atoms. The molecule has 3 atom stereocenters. The van der Waals surface area contributed by atoms with E-state index in [9.17, 15) is 24.2 Å². The molecule has 0 aromatic heterocycles. The minimum Gasteiger partial charge on any atom is -0.462 e. The number of aliphatic hydroxyl groups is 1. The number of carbonyl (C=O) groups excluding carboxylic acids is 2. The van der Waals surface area contributed by atoms with Gasteiger partial charge < -0.3 is 25.2 Å². The fourth-order valence-electron chi connectivity index (χ4n) is 6.39. The van der Waals surface area contributed by atoms with Gasteiger partial charge in [-0.05, 0) is 44.9 Å². The molecular weight excluding hydrogens is 778 g/mol. The normalized spacial score (nSPS) is 14.3. The molecule has 0 radical (unpaired) electrons. The SMILES string of the molecule is CCCCCCCCCCCCCCCCCCCCCCCC(=O)OC[C@H](COP(=O)(O)OCCN)OC(=O)CCC/C=C\C/C=C\C/C=C\C/C=C\C=C\[C@H](O)CC. The third-order valence-corrected chi connectivity index (χ3v) is 11.1. The number of allylic oxidation sites excluding steroid dienone is 9. The number of rotatable bonds is 44. The Morgan fingerprint density at radius 3 is 1.55 bits per heavy atom. The Kier molecular flexibility index (Phi) is 43.0. The number of nitrogens with two attached hydrogens (primary N) is 1. The highest BCUT2D eigenvalue weighted by Crippen LogP contribution is 2.43. The first-order chi connectivity index (χ1) is 29.2. The van der Waals surface area contributed by atoms with Crippen LogP contribution >= 0.6 is 7.82 Å². The lowest BCUT2D eigenvalue weighted by Gasteiger charge is -2.19. The second-order valence-corrected chi connectivity index (χ2v) is 17.3. The van der Waals surface area contributed by atoms with Gasteiger partial charge in [0.15, 0.2) is 6.10 Å². The van der Waals surface area contributed by atoms with Crippen molar-refractivity contribution in [3.05, 3.63) is 60.8 Å². The van der Waals surface area contributed by atoms with E-state index in [0.717, 1.165) is 38.5 Å². The zero-order valence-corrected chi connectivity index (χ0v) is 38.9. The van der Waals surface area contributed by atoms with Crippen molar-refractivity contribution < 1.29 is 42.7 Å². The molecule has 0 aliphatic heterocycles. The van der Waals surface area contributed by atoms with Crippen molar-refractivity contribution in [3.8, 4) is 0 Å². The standard InChI is InChI=1S/C49H88NO9P/c1-3-5-6-7-8-9-10-11-12-13-14-15-16-17-18-22-25-28-31-34-37-40-48(52)56-44-47(45-58-60(54,55)57-43-42-50)59-49(53)41-38-35-32-29-26-23-20-19-21-24-27-30-33-36-39-46(51)4-2/h20-21,23-24,29-30,32-33,36,39,46-47,51H,3-19,22,25-28,31,34-35,37-38,40-45,50H2,1-2H3,(H,54,55)/b23-20-,24-21-,32-29-,33-30-,39-36+/t46-,47-/m1/s1. The van der Waals surface area contributed by atoms with Gasteiger partial charge in [0.25, 0.3) is 0 Å². The lowest BCUT2D eigenvalue weighted by Crippen LogP contribution is -2.29. The van der Waals surface area contributed by atoms with Gasteiger partial charge >= 0.3 is 19.8 Å². The zero-order valence-electron chi connectivity index (χ0n) is 38.0. The average molecular weight is 866 g/mol. The van der Waals surface area contributed by atoms with E-state index in [1.807, 2.05) is 37.3 Å². The van der Waals surface area contributed by atoms with Gasteiger partial charge in [-0.1, -0.05) is 203 Å². The molecule has 1 unspecified atom stereocenters. The van der Waals surface area contributed by atoms with Crippen LogP contribution in [0.3, 0.4) is 0 Å². The van der Waals surface area contributed by atoms with Gasteiger partial charge in [0.1, 0.15) is 6.61 Å². The third-order valence-electron chi connectivity index (χ3n) is 10.1. The summed E-state index contributed by atoms with van der Waals surface area (Å²) in [7, 11) is -4.40. The summed E-state index contributed by atoms with van der Waals surface area (Å²) in [6.07, 6.45) is 50.7. The van der Waals surface area contributed by atoms with Crippen LogP contribution in [-0.2, 0) is 32.7 Å². The summed E-state index contributed by atoms with van der Waals surface area (Å²) in [5.41, 5.74) is 5.35. The van der Waals surface area contributed by atoms with Crippen molar-refractivity contribution in [3.63, 3.8) is 0 Å². The summed E-state index contributed by atoms with van der Waals surface area (Å²) in [6.45, 7) is 3.34. The van der Waals surface area contributed by atoms with Crippen molar-refractivity contribution in [2.24, 2.45) is 5.73 Å². The van der Waals surface area contributed by atoms with E-state index >= 15 is 0 Å². The zero-order chi connectivity index (χ0) is 44.0. The number of aliphatic hydroxyl groups excluding tert-OH is 1. The number of hydrogen-bond acceptors (Lipinski definition) is 9. The minimum absolute atomic E-state index is 0.0370. The van der Waals surface area contributed by atoms with Crippen molar-refractivity contribution in [2.75, 3.05) is 26.4 Å². The summed E-state index contributed by atoms with van der Waals surface area (Å²) in [5, 5.41) is 9.48. The minimum atomic E-state index is -4.40. The van der Waals surface area contributed by atoms with E-state index < -0.39 is 32.5 Å². The van der Waals surface area contributed by atoms with Crippen molar-refractivity contribution >= 4 is 19.8 Å². The third kappa shape index (κ3) is 43.7. The van der Waals surface area contributed by atoms with Crippen molar-refractivity contribution in [1.29, 1.82) is 0 Å². The molecule has 0 spiro atoms. The van der Waals surface area contributed by atoms with E-state index in [2.05, 4.69) is 31.2 Å². The maximum atomic E-state index is 12.6. The fourth-order valence-corrected chi connectivity index (χ4v) is 7.15. The monoisotopic (exact) mass is 866 g/mol. The van der Waals surface area contributed by atoms with Crippen LogP contribution in [0.1, 0.15) is 200 Å². The number of carbonyl (C=O) groups is 2. The fraction of sp³-hybridized carbons (Fsp3) is 0.755. The molecule has 0 saturated carbocycles. The Hall–Kier alpha value is -2.33. The van der Waals surface area contributed by atoms with Gasteiger partial charge in [-0.3, -0.25) is 18.6 Å². The highest BCUT2D eigenvalue weighted by Gasteiger charge is 2.26. The predicted molar refractivity (Wildman–Crippen MR) is 249 cm³/mol. The Bertz CT molecular complexity index is 1190. The maximum Gasteiger partial charge on any atom is 0.472 e. The number of ether oxygens (including phenoxy) is 2. The summed E-state index contributed by atoms with van der Waals surface area (Å²) in [6, 6.07) is 0. The lowest BCUT2D eigenvalue weighted by molar-refractivity contribution is -0.161. The van der Waals surface area contributed by atoms with E-state index in [1.54, 1.807) is 6.08 Å². The van der Waals surface area contributed by atoms with Crippen LogP contribution < -0.4 is 5.73 Å². The summed E-state index contributed by atoms with van der Waals surface area (Å²) < 4.78 is 32.8. The topological polar surface area (TPSA) is 155 Å². The van der Waals surface area contributed by atoms with Crippen molar-refractivity contribution in [2.45, 2.75) is 212 Å². The predicted octanol–water partition coefficient (Wildman–Crippen LogP) is 13.0. The van der Waals surface area contributed by atoms with E-state index in [-0.39, 0.29) is 38.7 Å². The number of esters is 2. The molecule has 0 fully saturated rings. The molecule has 10 nitrogen and oxygen atoms in total. The van der Waals surface area contributed by atoms with Crippen LogP contribution in [-0.4, -0.2) is 60.5 Å². The van der Waals surface area contributed by atoms with Gasteiger partial charge in [0.05, 0.1) is 19.3 Å².